The molecule has 0 amide bonds. The van der Waals surface area contributed by atoms with Crippen molar-refractivity contribution in [3.05, 3.63) is 46.7 Å². The molecule has 1 aromatic carbocycles. The fraction of sp³-hybridized carbons (Fsp3) is 0.250. The molecule has 2 rings (SSSR count). The van der Waals surface area contributed by atoms with Crippen LogP contribution in [0.25, 0.3) is 0 Å². The van der Waals surface area contributed by atoms with Crippen LogP contribution in [0.15, 0.2) is 36.1 Å². The van der Waals surface area contributed by atoms with Crippen molar-refractivity contribution < 1.29 is 4.74 Å². The minimum absolute atomic E-state index is 0.0121. The average Bonchev–Trinajstić information content (AvgIpc) is 2.30. The first-order valence-electron chi connectivity index (χ1n) is 4.82. The summed E-state index contributed by atoms with van der Waals surface area (Å²) in [5.41, 5.74) is 1.07. The zero-order valence-electron chi connectivity index (χ0n) is 8.11. The first-order chi connectivity index (χ1) is 7.29. The summed E-state index contributed by atoms with van der Waals surface area (Å²) in [6.07, 6.45) is 3.61. The van der Waals surface area contributed by atoms with E-state index in [1.165, 1.54) is 0 Å². The predicted octanol–water partition coefficient (Wildman–Crippen LogP) is 3.60. The number of benzene rings is 1. The van der Waals surface area contributed by atoms with E-state index in [9.17, 15) is 0 Å². The van der Waals surface area contributed by atoms with E-state index in [1.54, 1.807) is 0 Å². The molecule has 0 spiro atoms. The third-order valence-corrected chi connectivity index (χ3v) is 2.63. The minimum Gasteiger partial charge on any atom is -0.476 e. The molecule has 1 aromatic rings. The molecule has 1 aliphatic rings. The van der Waals surface area contributed by atoms with Crippen molar-refractivity contribution in [3.63, 3.8) is 0 Å². The standard InChI is InChI=1S/C12H10ClNO/c13-10-6-4-9(5-7-10)12-3-1-2-11(8-14)15-12/h2,4-7,12H,1,3H2. The summed E-state index contributed by atoms with van der Waals surface area (Å²) >= 11 is 5.80. The van der Waals surface area contributed by atoms with E-state index in [4.69, 9.17) is 21.6 Å². The van der Waals surface area contributed by atoms with Crippen LogP contribution in [0, 0.1) is 11.3 Å². The summed E-state index contributed by atoms with van der Waals surface area (Å²) < 4.78 is 5.52. The molecular formula is C12H10ClNO. The Kier molecular flexibility index (Phi) is 2.94. The van der Waals surface area contributed by atoms with Gasteiger partial charge in [-0.2, -0.15) is 5.26 Å². The predicted molar refractivity (Wildman–Crippen MR) is 58.2 cm³/mol. The topological polar surface area (TPSA) is 33.0 Å². The Hall–Kier alpha value is -1.46. The van der Waals surface area contributed by atoms with E-state index in [0.717, 1.165) is 18.4 Å². The monoisotopic (exact) mass is 219 g/mol. The quantitative estimate of drug-likeness (QED) is 0.723. The Morgan fingerprint density at radius 1 is 1.33 bits per heavy atom. The number of nitrogens with zero attached hydrogens (tertiary/aromatic N) is 1. The Bertz CT molecular complexity index is 416. The molecule has 0 bridgehead atoms. The molecule has 0 N–H and O–H groups in total. The van der Waals surface area contributed by atoms with Crippen LogP contribution in [0.5, 0.6) is 0 Å². The van der Waals surface area contributed by atoms with Gasteiger partial charge in [0.05, 0.1) is 0 Å². The van der Waals surface area contributed by atoms with Gasteiger partial charge in [-0.1, -0.05) is 23.7 Å². The smallest absolute Gasteiger partial charge is 0.193 e. The Morgan fingerprint density at radius 3 is 2.73 bits per heavy atom. The lowest BCUT2D eigenvalue weighted by Gasteiger charge is -2.21. The fourth-order valence-electron chi connectivity index (χ4n) is 1.61. The van der Waals surface area contributed by atoms with E-state index in [2.05, 4.69) is 0 Å². The molecule has 1 atom stereocenters. The van der Waals surface area contributed by atoms with Gasteiger partial charge in [0.15, 0.2) is 5.76 Å². The maximum atomic E-state index is 8.74. The van der Waals surface area contributed by atoms with Gasteiger partial charge in [-0.3, -0.25) is 0 Å². The Morgan fingerprint density at radius 2 is 2.07 bits per heavy atom. The van der Waals surface area contributed by atoms with Crippen molar-refractivity contribution in [2.24, 2.45) is 0 Å². The van der Waals surface area contributed by atoms with E-state index < -0.39 is 0 Å². The maximum Gasteiger partial charge on any atom is 0.193 e. The third-order valence-electron chi connectivity index (χ3n) is 2.38. The van der Waals surface area contributed by atoms with Gasteiger partial charge in [0, 0.05) is 5.02 Å². The normalized spacial score (nSPS) is 20.0. The van der Waals surface area contributed by atoms with Gasteiger partial charge in [0.2, 0.25) is 0 Å². The molecule has 76 valence electrons. The van der Waals surface area contributed by atoms with Crippen LogP contribution < -0.4 is 0 Å². The molecule has 3 heteroatoms. The molecule has 0 saturated carbocycles. The van der Waals surface area contributed by atoms with E-state index in [-0.39, 0.29) is 6.10 Å². The molecule has 0 aromatic heterocycles. The second-order valence-electron chi connectivity index (χ2n) is 3.42. The highest BCUT2D eigenvalue weighted by molar-refractivity contribution is 6.30. The maximum absolute atomic E-state index is 8.74. The fourth-order valence-corrected chi connectivity index (χ4v) is 1.74. The molecule has 0 aliphatic carbocycles. The van der Waals surface area contributed by atoms with Crippen LogP contribution in [-0.4, -0.2) is 0 Å². The molecule has 0 fully saturated rings. The van der Waals surface area contributed by atoms with Gasteiger partial charge in [0.1, 0.15) is 12.2 Å². The van der Waals surface area contributed by atoms with Crippen LogP contribution in [0.4, 0.5) is 0 Å². The SMILES string of the molecule is N#CC1=CCCC(c2ccc(Cl)cc2)O1. The van der Waals surface area contributed by atoms with E-state index in [1.807, 2.05) is 36.4 Å². The lowest BCUT2D eigenvalue weighted by molar-refractivity contribution is 0.107. The minimum atomic E-state index is -0.0121. The molecule has 15 heavy (non-hydrogen) atoms. The summed E-state index contributed by atoms with van der Waals surface area (Å²) in [5, 5.41) is 9.45. The van der Waals surface area contributed by atoms with Crippen molar-refractivity contribution in [1.82, 2.24) is 0 Å². The summed E-state index contributed by atoms with van der Waals surface area (Å²) in [7, 11) is 0. The Balaban J connectivity index is 2.16. The molecule has 2 nitrogen and oxygen atoms in total. The van der Waals surface area contributed by atoms with Crippen molar-refractivity contribution in [1.29, 1.82) is 5.26 Å². The number of ether oxygens (including phenoxy) is 1. The lowest BCUT2D eigenvalue weighted by atomic mass is 10.0. The Labute approximate surface area is 93.7 Å². The highest BCUT2D eigenvalue weighted by atomic mass is 35.5. The summed E-state index contributed by atoms with van der Waals surface area (Å²) in [5.74, 6) is 0.418. The van der Waals surface area contributed by atoms with Gasteiger partial charge < -0.3 is 4.74 Å². The van der Waals surface area contributed by atoms with Crippen LogP contribution in [0.1, 0.15) is 24.5 Å². The van der Waals surface area contributed by atoms with Gasteiger partial charge in [0.25, 0.3) is 0 Å². The van der Waals surface area contributed by atoms with Crippen molar-refractivity contribution >= 4 is 11.6 Å². The lowest BCUT2D eigenvalue weighted by Crippen LogP contribution is -2.07. The van der Waals surface area contributed by atoms with Gasteiger partial charge in [-0.25, -0.2) is 0 Å². The average molecular weight is 220 g/mol. The number of hydrogen-bond donors (Lipinski definition) is 0. The van der Waals surface area contributed by atoms with E-state index in [0.29, 0.717) is 10.8 Å². The van der Waals surface area contributed by atoms with E-state index >= 15 is 0 Å². The largest absolute Gasteiger partial charge is 0.476 e. The van der Waals surface area contributed by atoms with Gasteiger partial charge in [-0.15, -0.1) is 0 Å². The molecular weight excluding hydrogens is 210 g/mol. The zero-order chi connectivity index (χ0) is 10.7. The van der Waals surface area contributed by atoms with Crippen LogP contribution >= 0.6 is 11.6 Å². The third kappa shape index (κ3) is 2.31. The second kappa shape index (κ2) is 4.37. The van der Waals surface area contributed by atoms with Crippen LogP contribution in [0.3, 0.4) is 0 Å². The molecule has 0 radical (unpaired) electrons. The highest BCUT2D eigenvalue weighted by Crippen LogP contribution is 2.30. The van der Waals surface area contributed by atoms with Crippen molar-refractivity contribution in [3.8, 4) is 6.07 Å². The number of allylic oxidation sites excluding steroid dienone is 2. The van der Waals surface area contributed by atoms with Crippen molar-refractivity contribution in [2.75, 3.05) is 0 Å². The van der Waals surface area contributed by atoms with Crippen molar-refractivity contribution in [2.45, 2.75) is 18.9 Å². The number of nitriles is 1. The second-order valence-corrected chi connectivity index (χ2v) is 3.85. The highest BCUT2D eigenvalue weighted by Gasteiger charge is 2.17. The summed E-state index contributed by atoms with van der Waals surface area (Å²) in [6, 6.07) is 9.58. The number of hydrogen-bond acceptors (Lipinski definition) is 2. The van der Waals surface area contributed by atoms with Crippen LogP contribution in [-0.2, 0) is 4.74 Å². The molecule has 1 aliphatic heterocycles. The first kappa shape index (κ1) is 10.1. The zero-order valence-corrected chi connectivity index (χ0v) is 8.87. The van der Waals surface area contributed by atoms with Gasteiger partial charge >= 0.3 is 0 Å². The van der Waals surface area contributed by atoms with Gasteiger partial charge in [-0.05, 0) is 36.6 Å². The molecule has 1 heterocycles. The number of halogens is 1. The summed E-state index contributed by atoms with van der Waals surface area (Å²) in [4.78, 5) is 0. The van der Waals surface area contributed by atoms with Crippen LogP contribution in [0.2, 0.25) is 5.02 Å². The molecule has 1 unspecified atom stereocenters. The first-order valence-corrected chi connectivity index (χ1v) is 5.20. The molecule has 0 saturated heterocycles. The number of rotatable bonds is 1. The summed E-state index contributed by atoms with van der Waals surface area (Å²) in [6.45, 7) is 0.